The Kier molecular flexibility index (Phi) is 1.78. The zero-order chi connectivity index (χ0) is 5.28. The Balaban J connectivity index is 2.16. The van der Waals surface area contributed by atoms with Crippen LogP contribution < -0.4 is 0 Å². The predicted molar refractivity (Wildman–Crippen MR) is 38.0 cm³/mol. The highest BCUT2D eigenvalue weighted by Gasteiger charge is 2.21. The molecule has 0 aromatic carbocycles. The van der Waals surface area contributed by atoms with E-state index in [1.807, 2.05) is 0 Å². The summed E-state index contributed by atoms with van der Waals surface area (Å²) in [7, 11) is 0.221. The maximum Gasteiger partial charge on any atom is 0.161 e. The van der Waals surface area contributed by atoms with E-state index in [2.05, 4.69) is 29.6 Å². The summed E-state index contributed by atoms with van der Waals surface area (Å²) in [5.74, 6) is 0. The molecule has 1 aliphatic heterocycles. The quantitative estimate of drug-likeness (QED) is 0.476. The fraction of sp³-hybridized carbons (Fsp3) is 1.00. The van der Waals surface area contributed by atoms with Crippen molar-refractivity contribution in [2.45, 2.75) is 19.2 Å². The summed E-state index contributed by atoms with van der Waals surface area (Å²) < 4.78 is 2.57. The molecule has 1 nitrogen and oxygen atoms in total. The molecule has 0 aliphatic carbocycles. The van der Waals surface area contributed by atoms with Crippen LogP contribution in [0.25, 0.3) is 0 Å². The molecule has 7 heavy (non-hydrogen) atoms. The summed E-state index contributed by atoms with van der Waals surface area (Å²) in [6.45, 7) is 5.80. The summed E-state index contributed by atoms with van der Waals surface area (Å²) in [4.78, 5) is 0. The molecule has 1 heterocycles. The number of hydrogen-bond acceptors (Lipinski definition) is 2. The lowest BCUT2D eigenvalue weighted by Crippen LogP contribution is -2.42. The lowest BCUT2D eigenvalue weighted by molar-refractivity contribution is 0.454. The van der Waals surface area contributed by atoms with Crippen molar-refractivity contribution in [1.29, 1.82) is 0 Å². The van der Waals surface area contributed by atoms with Gasteiger partial charge in [0.1, 0.15) is 0 Å². The van der Waals surface area contributed by atoms with Gasteiger partial charge in [0, 0.05) is 5.37 Å². The first-order valence-electron chi connectivity index (χ1n) is 2.70. The Morgan fingerprint density at radius 2 is 2.57 bits per heavy atom. The molecule has 1 fully saturated rings. The summed E-state index contributed by atoms with van der Waals surface area (Å²) >= 11 is 2.16. The molecule has 0 aromatic heterocycles. The minimum absolute atomic E-state index is 0.221. The average Bonchev–Trinajstić information content (AvgIpc) is 1.65. The van der Waals surface area contributed by atoms with E-state index in [4.69, 9.17) is 0 Å². The first-order valence-corrected chi connectivity index (χ1v) is 6.11. The molecule has 0 N–H and O–H groups in total. The van der Waals surface area contributed by atoms with E-state index in [1.165, 1.54) is 6.54 Å². The number of rotatable bonds is 1. The van der Waals surface area contributed by atoms with E-state index in [1.54, 1.807) is 0 Å². The van der Waals surface area contributed by atoms with Gasteiger partial charge in [-0.3, -0.25) is 0 Å². The molecule has 1 rings (SSSR count). The second-order valence-electron chi connectivity index (χ2n) is 1.80. The van der Waals surface area contributed by atoms with Gasteiger partial charge in [-0.1, -0.05) is 6.92 Å². The number of hydrogen-bond donors (Lipinski definition) is 0. The third kappa shape index (κ3) is 1.01. The Bertz CT molecular complexity index is 66.7. The summed E-state index contributed by atoms with van der Waals surface area (Å²) in [5, 5.41) is 0.858. The highest BCUT2D eigenvalue weighted by Crippen LogP contribution is 2.24. The van der Waals surface area contributed by atoms with Crippen LogP contribution in [-0.2, 0) is 0 Å². The van der Waals surface area contributed by atoms with Crippen LogP contribution in [0, 0.1) is 0 Å². The Labute approximate surface area is 51.0 Å². The molecule has 3 heteroatoms. The average molecular weight is 133 g/mol. The van der Waals surface area contributed by atoms with Crippen molar-refractivity contribution < 1.29 is 0 Å². The minimum atomic E-state index is 0.221. The van der Waals surface area contributed by atoms with E-state index < -0.39 is 0 Å². The Morgan fingerprint density at radius 1 is 1.86 bits per heavy atom. The molecular weight excluding hydrogens is 122 g/mol. The third-order valence-corrected chi connectivity index (χ3v) is 6.81. The van der Waals surface area contributed by atoms with Crippen LogP contribution in [0.5, 0.6) is 0 Å². The molecule has 42 valence electrons. The molecule has 1 aliphatic rings. The first kappa shape index (κ1) is 5.66. The first-order chi connectivity index (χ1) is 3.34. The molecule has 0 aromatic rings. The lowest BCUT2D eigenvalue weighted by atomic mass is 10.6. The van der Waals surface area contributed by atoms with Crippen molar-refractivity contribution in [3.8, 4) is 0 Å². The predicted octanol–water partition coefficient (Wildman–Crippen LogP) is 0.400. The second-order valence-corrected chi connectivity index (χ2v) is 5.66. The van der Waals surface area contributed by atoms with Crippen molar-refractivity contribution in [1.82, 2.24) is 4.57 Å². The number of nitrogens with zero attached hydrogens (tertiary/aromatic N) is 1. The molecule has 1 unspecified atom stereocenters. The normalized spacial score (nSPS) is 36.0. The van der Waals surface area contributed by atoms with E-state index in [0.29, 0.717) is 0 Å². The fourth-order valence-electron chi connectivity index (χ4n) is 0.677. The van der Waals surface area contributed by atoms with Gasteiger partial charge < -0.3 is 4.57 Å². The summed E-state index contributed by atoms with van der Waals surface area (Å²) in [5.41, 5.74) is 0. The molecule has 0 bridgehead atoms. The van der Waals surface area contributed by atoms with E-state index in [0.717, 1.165) is 5.37 Å². The van der Waals surface area contributed by atoms with Crippen LogP contribution in [-0.4, -0.2) is 25.3 Å². The maximum absolute atomic E-state index is 2.57. The zero-order valence-electron chi connectivity index (χ0n) is 4.85. The Morgan fingerprint density at radius 3 is 2.57 bits per heavy atom. The highest BCUT2D eigenvalue weighted by molar-refractivity contribution is 8.24. The summed E-state index contributed by atoms with van der Waals surface area (Å²) in [6.07, 6.45) is 0. The summed E-state index contributed by atoms with van der Waals surface area (Å²) in [6, 6.07) is 0. The fourth-order valence-corrected chi connectivity index (χ4v) is 4.19. The topological polar surface area (TPSA) is 3.24 Å². The molecular formula is C4H11NSSi. The Hall–Kier alpha value is 0.527. The molecule has 0 saturated carbocycles. The van der Waals surface area contributed by atoms with Crippen LogP contribution in [0.3, 0.4) is 0 Å². The van der Waals surface area contributed by atoms with Gasteiger partial charge in [-0.25, -0.2) is 0 Å². The van der Waals surface area contributed by atoms with Gasteiger partial charge >= 0.3 is 0 Å². The van der Waals surface area contributed by atoms with Crippen molar-refractivity contribution in [3.05, 3.63) is 0 Å². The van der Waals surface area contributed by atoms with Gasteiger partial charge in [0.05, 0.1) is 0 Å². The second kappa shape index (κ2) is 2.20. The molecule has 1 saturated heterocycles. The molecule has 0 radical (unpaired) electrons. The largest absolute Gasteiger partial charge is 0.310 e. The van der Waals surface area contributed by atoms with Gasteiger partial charge in [-0.15, -0.1) is 0 Å². The lowest BCUT2D eigenvalue weighted by Gasteiger charge is -2.36. The van der Waals surface area contributed by atoms with Gasteiger partial charge in [0.15, 0.2) is 8.83 Å². The van der Waals surface area contributed by atoms with Crippen molar-refractivity contribution in [2.24, 2.45) is 0 Å². The van der Waals surface area contributed by atoms with E-state index >= 15 is 0 Å². The third-order valence-electron chi connectivity index (χ3n) is 1.40. The molecule has 1 atom stereocenters. The SMILES string of the molecule is CCN1[SiH2]SC1C. The van der Waals surface area contributed by atoms with Gasteiger partial charge in [-0.2, -0.15) is 11.2 Å². The van der Waals surface area contributed by atoms with Gasteiger partial charge in [-0.05, 0) is 13.5 Å². The van der Waals surface area contributed by atoms with Crippen LogP contribution in [0.2, 0.25) is 0 Å². The van der Waals surface area contributed by atoms with E-state index in [-0.39, 0.29) is 8.83 Å². The standard InChI is InChI=1S/C4H11NSSi/c1-3-5-4(2)6-7-5/h4H,3,7H2,1-2H3. The van der Waals surface area contributed by atoms with Crippen LogP contribution in [0.4, 0.5) is 0 Å². The van der Waals surface area contributed by atoms with Gasteiger partial charge in [0.2, 0.25) is 0 Å². The smallest absolute Gasteiger partial charge is 0.161 e. The molecule has 0 spiro atoms. The van der Waals surface area contributed by atoms with Crippen molar-refractivity contribution >= 4 is 20.0 Å². The van der Waals surface area contributed by atoms with Crippen LogP contribution in [0.15, 0.2) is 0 Å². The van der Waals surface area contributed by atoms with Gasteiger partial charge in [0.25, 0.3) is 0 Å². The van der Waals surface area contributed by atoms with Crippen LogP contribution >= 0.6 is 11.2 Å². The maximum atomic E-state index is 2.57. The molecule has 0 amide bonds. The van der Waals surface area contributed by atoms with Crippen molar-refractivity contribution in [3.63, 3.8) is 0 Å². The van der Waals surface area contributed by atoms with E-state index in [9.17, 15) is 0 Å². The van der Waals surface area contributed by atoms with Crippen molar-refractivity contribution in [2.75, 3.05) is 6.54 Å². The minimum Gasteiger partial charge on any atom is -0.310 e. The zero-order valence-corrected chi connectivity index (χ0v) is 7.08. The highest BCUT2D eigenvalue weighted by atomic mass is 32.4. The monoisotopic (exact) mass is 133 g/mol. The van der Waals surface area contributed by atoms with Crippen LogP contribution in [0.1, 0.15) is 13.8 Å².